The summed E-state index contributed by atoms with van der Waals surface area (Å²) in [4.78, 5) is 28.2. The minimum Gasteiger partial charge on any atom is -0.483 e. The number of nitrogens with zero attached hydrogens (tertiary/aromatic N) is 6. The van der Waals surface area contributed by atoms with Crippen molar-refractivity contribution in [3.05, 3.63) is 23.5 Å². The average Bonchev–Trinajstić information content (AvgIpc) is 3.23. The first-order valence-electron chi connectivity index (χ1n) is 11.2. The van der Waals surface area contributed by atoms with E-state index in [2.05, 4.69) is 19.9 Å². The van der Waals surface area contributed by atoms with Crippen LogP contribution >= 0.6 is 11.3 Å². The lowest BCUT2D eigenvalue weighted by Crippen LogP contribution is -2.48. The van der Waals surface area contributed by atoms with E-state index in [4.69, 9.17) is 9.90 Å². The van der Waals surface area contributed by atoms with Crippen LogP contribution in [0.2, 0.25) is 0 Å². The molecule has 0 aromatic carbocycles. The zero-order valence-electron chi connectivity index (χ0n) is 20.0. The second kappa shape index (κ2) is 10.3. The van der Waals surface area contributed by atoms with E-state index in [1.165, 1.54) is 13.1 Å². The number of aromatic nitrogens is 4. The number of fused-ring (bicyclic) bond motifs is 1. The van der Waals surface area contributed by atoms with Crippen LogP contribution in [0, 0.1) is 0 Å². The summed E-state index contributed by atoms with van der Waals surface area (Å²) in [6.07, 6.45) is 1.75. The molecule has 5 rings (SSSR count). The molecule has 1 saturated carbocycles. The van der Waals surface area contributed by atoms with Crippen LogP contribution in [-0.4, -0.2) is 82.1 Å². The van der Waals surface area contributed by atoms with Gasteiger partial charge in [-0.3, -0.25) is 14.0 Å². The standard InChI is InChI=1S/C20H23F2N7O3S2.CH2O2/c1-12(30)27-5-7-28(8-6-27)14-9-13(34(31,32)26-20(2)3-4-20)11-29-15(14)10-23-17(29)19-25-24-18(33-19)16(21)22;2-1-3/h9-11,16,26H,3-8H2,1-2H3;1H,(H,2,3). The zero-order valence-corrected chi connectivity index (χ0v) is 21.6. The highest BCUT2D eigenvalue weighted by molar-refractivity contribution is 7.89. The van der Waals surface area contributed by atoms with E-state index in [0.29, 0.717) is 48.7 Å². The SMILES string of the molecule is CC(=O)N1CCN(c2cc(S(=O)(=O)NC3(C)CC3)cn3c(-c4nnc(C(F)F)s4)ncc23)CC1.O=CO. The molecule has 1 saturated heterocycles. The Balaban J connectivity index is 0.00000102. The third-order valence-corrected chi connectivity index (χ3v) is 8.70. The number of carbonyl (C=O) groups excluding carboxylic acids is 1. The molecule has 3 aromatic heterocycles. The quantitative estimate of drug-likeness (QED) is 0.434. The highest BCUT2D eigenvalue weighted by Gasteiger charge is 2.41. The summed E-state index contributed by atoms with van der Waals surface area (Å²) in [5.74, 6) is 0.221. The molecule has 2 fully saturated rings. The Morgan fingerprint density at radius 1 is 1.24 bits per heavy atom. The Bertz CT molecular complexity index is 1410. The van der Waals surface area contributed by atoms with Crippen molar-refractivity contribution in [3.63, 3.8) is 0 Å². The van der Waals surface area contributed by atoms with Gasteiger partial charge in [-0.1, -0.05) is 11.3 Å². The summed E-state index contributed by atoms with van der Waals surface area (Å²) >= 11 is 0.713. The molecule has 1 aliphatic carbocycles. The number of sulfonamides is 1. The van der Waals surface area contributed by atoms with Gasteiger partial charge in [0.2, 0.25) is 15.9 Å². The van der Waals surface area contributed by atoms with Crippen molar-refractivity contribution in [2.75, 3.05) is 31.1 Å². The lowest BCUT2D eigenvalue weighted by molar-refractivity contribution is -0.129. The number of hydrogen-bond acceptors (Lipinski definition) is 9. The third-order valence-electron chi connectivity index (χ3n) is 6.17. The molecule has 3 aromatic rings. The van der Waals surface area contributed by atoms with Gasteiger partial charge in [0.25, 0.3) is 12.9 Å². The molecule has 4 heterocycles. The van der Waals surface area contributed by atoms with Gasteiger partial charge in [0.15, 0.2) is 15.8 Å². The van der Waals surface area contributed by atoms with Gasteiger partial charge in [0, 0.05) is 44.8 Å². The zero-order chi connectivity index (χ0) is 27.0. The van der Waals surface area contributed by atoms with Crippen molar-refractivity contribution in [2.45, 2.75) is 43.5 Å². The molecule has 2 aliphatic rings. The van der Waals surface area contributed by atoms with Gasteiger partial charge in [0.05, 0.1) is 17.4 Å². The van der Waals surface area contributed by atoms with Gasteiger partial charge in [-0.2, -0.15) is 0 Å². The fourth-order valence-corrected chi connectivity index (χ4v) is 6.14. The molecule has 1 aliphatic heterocycles. The van der Waals surface area contributed by atoms with E-state index in [1.807, 2.05) is 11.8 Å². The Labute approximate surface area is 215 Å². The normalized spacial score (nSPS) is 17.0. The van der Waals surface area contributed by atoms with Crippen LogP contribution in [0.15, 0.2) is 23.4 Å². The molecule has 12 nitrogen and oxygen atoms in total. The minimum absolute atomic E-state index is 0.0132. The van der Waals surface area contributed by atoms with Gasteiger partial charge >= 0.3 is 0 Å². The molecule has 0 atom stereocenters. The number of piperazine rings is 1. The van der Waals surface area contributed by atoms with E-state index >= 15 is 0 Å². The van der Waals surface area contributed by atoms with Gasteiger partial charge in [0.1, 0.15) is 4.90 Å². The van der Waals surface area contributed by atoms with Crippen molar-refractivity contribution in [1.82, 2.24) is 29.2 Å². The molecule has 16 heteroatoms. The van der Waals surface area contributed by atoms with E-state index in [-0.39, 0.29) is 28.1 Å². The molecule has 0 bridgehead atoms. The van der Waals surface area contributed by atoms with Gasteiger partial charge in [-0.25, -0.2) is 26.9 Å². The van der Waals surface area contributed by atoms with Crippen LogP contribution in [0.5, 0.6) is 0 Å². The molecular formula is C21H25F2N7O5S2. The second-order valence-electron chi connectivity index (χ2n) is 8.91. The van der Waals surface area contributed by atoms with E-state index in [9.17, 15) is 22.0 Å². The topological polar surface area (TPSA) is 150 Å². The van der Waals surface area contributed by atoms with Crippen LogP contribution in [0.1, 0.15) is 38.1 Å². The monoisotopic (exact) mass is 557 g/mol. The molecule has 0 spiro atoms. The summed E-state index contributed by atoms with van der Waals surface area (Å²) < 4.78 is 56.9. The summed E-state index contributed by atoms with van der Waals surface area (Å²) in [5.41, 5.74) is 0.769. The Kier molecular flexibility index (Phi) is 7.43. The number of anilines is 1. The fourth-order valence-electron chi connectivity index (χ4n) is 3.96. The summed E-state index contributed by atoms with van der Waals surface area (Å²) in [6, 6.07) is 1.60. The van der Waals surface area contributed by atoms with Crippen LogP contribution in [-0.2, 0) is 19.6 Å². The van der Waals surface area contributed by atoms with Crippen LogP contribution in [0.3, 0.4) is 0 Å². The number of carboxylic acid groups (broad SMARTS) is 1. The molecule has 200 valence electrons. The van der Waals surface area contributed by atoms with Crippen molar-refractivity contribution in [1.29, 1.82) is 0 Å². The second-order valence-corrected chi connectivity index (χ2v) is 11.6. The van der Waals surface area contributed by atoms with Crippen molar-refractivity contribution in [2.24, 2.45) is 0 Å². The van der Waals surface area contributed by atoms with E-state index in [0.717, 1.165) is 12.8 Å². The summed E-state index contributed by atoms with van der Waals surface area (Å²) in [5, 5.41) is 14.0. The lowest BCUT2D eigenvalue weighted by Gasteiger charge is -2.36. The van der Waals surface area contributed by atoms with Gasteiger partial charge in [-0.05, 0) is 25.8 Å². The highest BCUT2D eigenvalue weighted by Crippen LogP contribution is 2.37. The Hall–Kier alpha value is -3.24. The van der Waals surface area contributed by atoms with Crippen molar-refractivity contribution >= 4 is 44.9 Å². The Morgan fingerprint density at radius 2 is 1.89 bits per heavy atom. The highest BCUT2D eigenvalue weighted by atomic mass is 32.2. The van der Waals surface area contributed by atoms with Gasteiger partial charge < -0.3 is 14.9 Å². The molecule has 1 amide bonds. The maximum atomic E-state index is 13.2. The predicted molar refractivity (Wildman–Crippen MR) is 130 cm³/mol. The maximum Gasteiger partial charge on any atom is 0.291 e. The van der Waals surface area contributed by atoms with Crippen LogP contribution < -0.4 is 9.62 Å². The number of alkyl halides is 2. The van der Waals surface area contributed by atoms with Crippen molar-refractivity contribution in [3.8, 4) is 10.8 Å². The predicted octanol–water partition coefficient (Wildman–Crippen LogP) is 1.99. The van der Waals surface area contributed by atoms with E-state index < -0.39 is 27.0 Å². The number of nitrogens with one attached hydrogen (secondary N) is 1. The Morgan fingerprint density at radius 3 is 2.43 bits per heavy atom. The van der Waals surface area contributed by atoms with Crippen LogP contribution in [0.25, 0.3) is 16.3 Å². The summed E-state index contributed by atoms with van der Waals surface area (Å²) in [6.45, 7) is 5.15. The number of pyridine rings is 1. The molecule has 0 unspecified atom stereocenters. The van der Waals surface area contributed by atoms with E-state index in [1.54, 1.807) is 21.6 Å². The smallest absolute Gasteiger partial charge is 0.291 e. The molecular weight excluding hydrogens is 532 g/mol. The number of amides is 1. The first kappa shape index (κ1) is 26.8. The first-order chi connectivity index (χ1) is 17.5. The van der Waals surface area contributed by atoms with Crippen LogP contribution in [0.4, 0.5) is 14.5 Å². The molecule has 2 N–H and O–H groups in total. The third kappa shape index (κ3) is 5.70. The lowest BCUT2D eigenvalue weighted by atomic mass is 10.2. The minimum atomic E-state index is -3.86. The number of rotatable bonds is 6. The maximum absolute atomic E-state index is 13.2. The number of hydrogen-bond donors (Lipinski definition) is 2. The largest absolute Gasteiger partial charge is 0.483 e. The number of imidazole rings is 1. The fraction of sp³-hybridized carbons (Fsp3) is 0.476. The first-order valence-corrected chi connectivity index (χ1v) is 13.5. The number of carbonyl (C=O) groups is 2. The summed E-state index contributed by atoms with van der Waals surface area (Å²) in [7, 11) is -3.86. The molecule has 37 heavy (non-hydrogen) atoms. The van der Waals surface area contributed by atoms with Gasteiger partial charge in [-0.15, -0.1) is 10.2 Å². The van der Waals surface area contributed by atoms with Crippen molar-refractivity contribution < 1.29 is 31.9 Å². The number of halogens is 2. The average molecular weight is 558 g/mol. The molecule has 0 radical (unpaired) electrons.